The second kappa shape index (κ2) is 5.49. The molecule has 1 aromatic carbocycles. The molecule has 0 saturated carbocycles. The second-order valence-corrected chi connectivity index (χ2v) is 5.10. The molecule has 1 saturated heterocycles. The van der Waals surface area contributed by atoms with Gasteiger partial charge in [0.15, 0.2) is 0 Å². The number of alkyl halides is 4. The molecule has 0 spiro atoms. The fraction of sp³-hybridized carbons (Fsp3) is 0.538. The van der Waals surface area contributed by atoms with Gasteiger partial charge in [0.1, 0.15) is 0 Å². The van der Waals surface area contributed by atoms with Crippen LogP contribution in [0, 0.1) is 5.92 Å². The van der Waals surface area contributed by atoms with Gasteiger partial charge in [0.2, 0.25) is 0 Å². The van der Waals surface area contributed by atoms with E-state index >= 15 is 0 Å². The van der Waals surface area contributed by atoms with Crippen LogP contribution in [0.3, 0.4) is 0 Å². The fourth-order valence-electron chi connectivity index (χ4n) is 2.09. The van der Waals surface area contributed by atoms with Gasteiger partial charge in [0, 0.05) is 17.9 Å². The zero-order valence-electron chi connectivity index (χ0n) is 9.71. The average molecular weight is 279 g/mol. The maximum atomic E-state index is 12.4. The van der Waals surface area contributed by atoms with Gasteiger partial charge >= 0.3 is 6.18 Å². The summed E-state index contributed by atoms with van der Waals surface area (Å²) in [6, 6.07) is 5.26. The monoisotopic (exact) mass is 278 g/mol. The van der Waals surface area contributed by atoms with Crippen LogP contribution in [0.2, 0.25) is 0 Å². The summed E-state index contributed by atoms with van der Waals surface area (Å²) in [5.74, 6) is 0.178. The van der Waals surface area contributed by atoms with Crippen LogP contribution in [0.1, 0.15) is 17.5 Å². The maximum absolute atomic E-state index is 12.4. The molecule has 0 N–H and O–H groups in total. The number of hydrogen-bond acceptors (Lipinski definition) is 1. The van der Waals surface area contributed by atoms with Crippen molar-refractivity contribution in [2.45, 2.75) is 24.4 Å². The van der Waals surface area contributed by atoms with E-state index < -0.39 is 11.7 Å². The Labute approximate surface area is 109 Å². The summed E-state index contributed by atoms with van der Waals surface area (Å²) >= 11 is 6.18. The van der Waals surface area contributed by atoms with E-state index in [1.165, 1.54) is 12.1 Å². The molecule has 0 aliphatic carbocycles. The summed E-state index contributed by atoms with van der Waals surface area (Å²) in [5.41, 5.74) is 0.248. The highest BCUT2D eigenvalue weighted by molar-refractivity contribution is 6.20. The van der Waals surface area contributed by atoms with E-state index in [1.807, 2.05) is 0 Å². The van der Waals surface area contributed by atoms with Crippen LogP contribution in [-0.4, -0.2) is 18.6 Å². The summed E-state index contributed by atoms with van der Waals surface area (Å²) in [6.07, 6.45) is -2.82. The van der Waals surface area contributed by atoms with Crippen LogP contribution in [0.4, 0.5) is 13.2 Å². The molecular formula is C13H14ClF3O. The zero-order valence-corrected chi connectivity index (χ0v) is 10.5. The molecule has 2 unspecified atom stereocenters. The third kappa shape index (κ3) is 3.39. The van der Waals surface area contributed by atoms with Gasteiger partial charge in [-0.05, 0) is 30.5 Å². The van der Waals surface area contributed by atoms with Gasteiger partial charge in [-0.25, -0.2) is 0 Å². The van der Waals surface area contributed by atoms with Crippen LogP contribution in [0.25, 0.3) is 0 Å². The van der Waals surface area contributed by atoms with Crippen LogP contribution < -0.4 is 0 Å². The number of hydrogen-bond donors (Lipinski definition) is 0. The first kappa shape index (κ1) is 13.7. The lowest BCUT2D eigenvalue weighted by molar-refractivity contribution is -0.137. The molecule has 18 heavy (non-hydrogen) atoms. The van der Waals surface area contributed by atoms with Gasteiger partial charge in [0.05, 0.1) is 12.2 Å². The third-order valence-electron chi connectivity index (χ3n) is 3.16. The van der Waals surface area contributed by atoms with Gasteiger partial charge in [-0.1, -0.05) is 12.1 Å². The molecule has 1 fully saturated rings. The SMILES string of the molecule is FC(F)(F)c1ccc(CC2COCCC2Cl)cc1. The van der Waals surface area contributed by atoms with Crippen LogP contribution in [-0.2, 0) is 17.3 Å². The van der Waals surface area contributed by atoms with E-state index in [4.69, 9.17) is 16.3 Å². The first-order valence-electron chi connectivity index (χ1n) is 5.85. The Morgan fingerprint density at radius 3 is 2.44 bits per heavy atom. The molecule has 0 bridgehead atoms. The summed E-state index contributed by atoms with van der Waals surface area (Å²) in [7, 11) is 0. The van der Waals surface area contributed by atoms with Crippen molar-refractivity contribution in [3.63, 3.8) is 0 Å². The lowest BCUT2D eigenvalue weighted by atomic mass is 9.93. The van der Waals surface area contributed by atoms with E-state index in [0.29, 0.717) is 19.6 Å². The van der Waals surface area contributed by atoms with Gasteiger partial charge in [-0.2, -0.15) is 13.2 Å². The van der Waals surface area contributed by atoms with E-state index in [2.05, 4.69) is 0 Å². The third-order valence-corrected chi connectivity index (χ3v) is 3.74. The molecule has 1 heterocycles. The largest absolute Gasteiger partial charge is 0.416 e. The quantitative estimate of drug-likeness (QED) is 0.746. The van der Waals surface area contributed by atoms with E-state index in [-0.39, 0.29) is 11.3 Å². The Kier molecular flexibility index (Phi) is 4.17. The van der Waals surface area contributed by atoms with Crippen molar-refractivity contribution in [2.24, 2.45) is 5.92 Å². The first-order valence-corrected chi connectivity index (χ1v) is 6.28. The molecule has 100 valence electrons. The highest BCUT2D eigenvalue weighted by atomic mass is 35.5. The molecule has 0 amide bonds. The fourth-order valence-corrected chi connectivity index (χ4v) is 2.34. The Morgan fingerprint density at radius 1 is 1.22 bits per heavy atom. The topological polar surface area (TPSA) is 9.23 Å². The molecule has 0 aromatic heterocycles. The van der Waals surface area contributed by atoms with Crippen molar-refractivity contribution in [3.05, 3.63) is 35.4 Å². The number of benzene rings is 1. The van der Waals surface area contributed by atoms with Crippen molar-refractivity contribution in [1.82, 2.24) is 0 Å². The molecule has 1 nitrogen and oxygen atoms in total. The van der Waals surface area contributed by atoms with E-state index in [0.717, 1.165) is 24.1 Å². The highest BCUT2D eigenvalue weighted by Crippen LogP contribution is 2.30. The highest BCUT2D eigenvalue weighted by Gasteiger charge is 2.30. The Balaban J connectivity index is 2.02. The maximum Gasteiger partial charge on any atom is 0.416 e. The lowest BCUT2D eigenvalue weighted by Crippen LogP contribution is -2.29. The molecule has 1 aliphatic heterocycles. The first-order chi connectivity index (χ1) is 8.47. The lowest BCUT2D eigenvalue weighted by Gasteiger charge is -2.27. The Bertz CT molecular complexity index is 388. The van der Waals surface area contributed by atoms with Crippen molar-refractivity contribution in [2.75, 3.05) is 13.2 Å². The summed E-state index contributed by atoms with van der Waals surface area (Å²) in [5, 5.41) is 0.0426. The van der Waals surface area contributed by atoms with Gasteiger partial charge < -0.3 is 4.74 Å². The minimum absolute atomic E-state index is 0.0426. The van der Waals surface area contributed by atoms with Crippen molar-refractivity contribution >= 4 is 11.6 Å². The molecule has 2 atom stereocenters. The average Bonchev–Trinajstić information content (AvgIpc) is 2.32. The molecule has 1 aromatic rings. The Hall–Kier alpha value is -0.740. The molecule has 0 radical (unpaired) electrons. The zero-order chi connectivity index (χ0) is 13.2. The molecule has 1 aliphatic rings. The predicted molar refractivity (Wildman–Crippen MR) is 63.7 cm³/mol. The van der Waals surface area contributed by atoms with Gasteiger partial charge in [0.25, 0.3) is 0 Å². The van der Waals surface area contributed by atoms with E-state index in [1.54, 1.807) is 0 Å². The van der Waals surface area contributed by atoms with Crippen LogP contribution in [0.15, 0.2) is 24.3 Å². The number of ether oxygens (including phenoxy) is 1. The molecular weight excluding hydrogens is 265 g/mol. The summed E-state index contributed by atoms with van der Waals surface area (Å²) < 4.78 is 42.5. The van der Waals surface area contributed by atoms with Crippen molar-refractivity contribution < 1.29 is 17.9 Å². The number of halogens is 4. The molecule has 2 rings (SSSR count). The smallest absolute Gasteiger partial charge is 0.381 e. The van der Waals surface area contributed by atoms with Crippen LogP contribution >= 0.6 is 11.6 Å². The summed E-state index contributed by atoms with van der Waals surface area (Å²) in [4.78, 5) is 0. The summed E-state index contributed by atoms with van der Waals surface area (Å²) in [6.45, 7) is 1.24. The number of rotatable bonds is 2. The van der Waals surface area contributed by atoms with Crippen molar-refractivity contribution in [1.29, 1.82) is 0 Å². The van der Waals surface area contributed by atoms with Crippen molar-refractivity contribution in [3.8, 4) is 0 Å². The Morgan fingerprint density at radius 2 is 1.89 bits per heavy atom. The molecule has 5 heteroatoms. The van der Waals surface area contributed by atoms with Crippen LogP contribution in [0.5, 0.6) is 0 Å². The standard InChI is InChI=1S/C13H14ClF3O/c14-12-5-6-18-8-10(12)7-9-1-3-11(4-2-9)13(15,16)17/h1-4,10,12H,5-8H2. The normalized spacial score (nSPS) is 25.1. The van der Waals surface area contributed by atoms with Gasteiger partial charge in [-0.3, -0.25) is 0 Å². The minimum Gasteiger partial charge on any atom is -0.381 e. The van der Waals surface area contributed by atoms with E-state index in [9.17, 15) is 13.2 Å². The minimum atomic E-state index is -4.28. The predicted octanol–water partition coefficient (Wildman–Crippen LogP) is 3.89. The second-order valence-electron chi connectivity index (χ2n) is 4.54. The van der Waals surface area contributed by atoms with Gasteiger partial charge in [-0.15, -0.1) is 11.6 Å².